The number of benzene rings is 1. The van der Waals surface area contributed by atoms with Crippen LogP contribution in [0.25, 0.3) is 0 Å². The van der Waals surface area contributed by atoms with Gasteiger partial charge in [0.05, 0.1) is 5.69 Å². The van der Waals surface area contributed by atoms with E-state index >= 15 is 0 Å². The number of para-hydroxylation sites is 1. The molecule has 0 amide bonds. The van der Waals surface area contributed by atoms with E-state index in [9.17, 15) is 4.79 Å². The molecule has 4 aliphatic carbocycles. The normalized spacial score (nSPS) is 45.0. The van der Waals surface area contributed by atoms with Gasteiger partial charge >= 0.3 is 0 Å². The second-order valence-electron chi connectivity index (χ2n) is 12.1. The van der Waals surface area contributed by atoms with Gasteiger partial charge in [-0.1, -0.05) is 43.7 Å². The van der Waals surface area contributed by atoms with Crippen molar-refractivity contribution in [2.45, 2.75) is 84.0 Å². The van der Waals surface area contributed by atoms with Crippen LogP contribution in [0.2, 0.25) is 0 Å². The first-order valence-corrected chi connectivity index (χ1v) is 13.3. The van der Waals surface area contributed by atoms with Gasteiger partial charge in [0.1, 0.15) is 6.29 Å². The van der Waals surface area contributed by atoms with Crippen LogP contribution in [-0.2, 0) is 4.79 Å². The number of carbonyl (C=O) groups excluding carboxylic acids is 1. The average Bonchev–Trinajstić information content (AvgIpc) is 3.07. The van der Waals surface area contributed by atoms with Crippen LogP contribution in [0.3, 0.4) is 0 Å². The van der Waals surface area contributed by atoms with Crippen LogP contribution in [0.1, 0.15) is 89.5 Å². The average molecular weight is 430 g/mol. The first-order valence-electron chi connectivity index (χ1n) is 13.3. The molecule has 1 aliphatic heterocycles. The van der Waals surface area contributed by atoms with Gasteiger partial charge in [-0.15, -0.1) is 0 Å². The lowest BCUT2D eigenvalue weighted by Gasteiger charge is -2.58. The molecule has 32 heavy (non-hydrogen) atoms. The van der Waals surface area contributed by atoms with Gasteiger partial charge in [0.25, 0.3) is 0 Å². The van der Waals surface area contributed by atoms with Gasteiger partial charge in [-0.2, -0.15) is 0 Å². The summed E-state index contributed by atoms with van der Waals surface area (Å²) >= 11 is 0. The summed E-state index contributed by atoms with van der Waals surface area (Å²) in [4.78, 5) is 17.8. The molecule has 0 radical (unpaired) electrons. The molecule has 3 fully saturated rings. The van der Waals surface area contributed by atoms with E-state index in [-0.39, 0.29) is 5.41 Å². The Morgan fingerprint density at radius 2 is 1.84 bits per heavy atom. The number of rotatable bonds is 2. The summed E-state index contributed by atoms with van der Waals surface area (Å²) < 4.78 is 0. The molecule has 3 saturated carbocycles. The molecule has 2 nitrogen and oxygen atoms in total. The van der Waals surface area contributed by atoms with E-state index in [1.54, 1.807) is 5.57 Å². The topological polar surface area (TPSA) is 29.4 Å². The SMILES string of the molecule is C[C@H]1CC[C@@]2(C)C(=CCC3C4CCC(C5CCC=Nc6ccccc65)[C@@]4(C=O)CCC32)C1. The predicted octanol–water partition coefficient (Wildman–Crippen LogP) is 7.66. The van der Waals surface area contributed by atoms with E-state index in [2.05, 4.69) is 50.4 Å². The Morgan fingerprint density at radius 3 is 2.72 bits per heavy atom. The fourth-order valence-electron chi connectivity index (χ4n) is 9.33. The minimum Gasteiger partial charge on any atom is -0.303 e. The predicted molar refractivity (Wildman–Crippen MR) is 131 cm³/mol. The van der Waals surface area contributed by atoms with Crippen molar-refractivity contribution in [1.29, 1.82) is 0 Å². The monoisotopic (exact) mass is 429 g/mol. The van der Waals surface area contributed by atoms with Gasteiger partial charge < -0.3 is 4.79 Å². The molecule has 1 aromatic rings. The lowest BCUT2D eigenvalue weighted by Crippen LogP contribution is -2.52. The summed E-state index contributed by atoms with van der Waals surface area (Å²) in [5, 5.41) is 0. The number of allylic oxidation sites excluding steroid dienone is 2. The Kier molecular flexibility index (Phi) is 5.01. The van der Waals surface area contributed by atoms with Crippen molar-refractivity contribution >= 4 is 18.2 Å². The van der Waals surface area contributed by atoms with Gasteiger partial charge in [0, 0.05) is 11.6 Å². The minimum atomic E-state index is -0.118. The number of hydrogen-bond acceptors (Lipinski definition) is 2. The van der Waals surface area contributed by atoms with Crippen molar-refractivity contribution in [1.82, 2.24) is 0 Å². The molecule has 1 heterocycles. The third-order valence-corrected chi connectivity index (χ3v) is 10.9. The number of fused-ring (bicyclic) bond motifs is 6. The van der Waals surface area contributed by atoms with Crippen LogP contribution in [-0.4, -0.2) is 12.5 Å². The van der Waals surface area contributed by atoms with Gasteiger partial charge in [-0.05, 0) is 117 Å². The Bertz CT molecular complexity index is 961. The number of aldehydes is 1. The third-order valence-electron chi connectivity index (χ3n) is 10.9. The second-order valence-corrected chi connectivity index (χ2v) is 12.1. The largest absolute Gasteiger partial charge is 0.303 e. The fraction of sp³-hybridized carbons (Fsp3) is 0.667. The molecule has 1 aromatic carbocycles. The maximum Gasteiger partial charge on any atom is 0.126 e. The van der Waals surface area contributed by atoms with E-state index in [1.807, 2.05) is 0 Å². The first-order chi connectivity index (χ1) is 15.6. The van der Waals surface area contributed by atoms with E-state index in [0.29, 0.717) is 29.1 Å². The maximum atomic E-state index is 13.0. The number of nitrogens with zero attached hydrogens (tertiary/aromatic N) is 1. The van der Waals surface area contributed by atoms with Gasteiger partial charge in [0.15, 0.2) is 0 Å². The molecule has 0 aromatic heterocycles. The second kappa shape index (κ2) is 7.67. The number of carbonyl (C=O) groups is 1. The van der Waals surface area contributed by atoms with E-state index in [1.165, 1.54) is 56.8 Å². The van der Waals surface area contributed by atoms with Crippen LogP contribution < -0.4 is 0 Å². The van der Waals surface area contributed by atoms with Crippen LogP contribution in [0.15, 0.2) is 40.9 Å². The Labute approximate surface area is 194 Å². The molecule has 0 N–H and O–H groups in total. The molecule has 5 aliphatic rings. The summed E-state index contributed by atoms with van der Waals surface area (Å²) in [6.07, 6.45) is 18.5. The zero-order valence-electron chi connectivity index (χ0n) is 19.9. The Hall–Kier alpha value is -1.70. The van der Waals surface area contributed by atoms with E-state index in [4.69, 9.17) is 4.99 Å². The highest BCUT2D eigenvalue weighted by Gasteiger charge is 2.61. The van der Waals surface area contributed by atoms with Gasteiger partial charge in [-0.3, -0.25) is 4.99 Å². The molecule has 2 heteroatoms. The van der Waals surface area contributed by atoms with Crippen molar-refractivity contribution < 1.29 is 4.79 Å². The van der Waals surface area contributed by atoms with Crippen LogP contribution in [0.4, 0.5) is 5.69 Å². The lowest BCUT2D eigenvalue weighted by atomic mass is 9.46. The van der Waals surface area contributed by atoms with Crippen molar-refractivity contribution in [2.24, 2.45) is 45.4 Å². The smallest absolute Gasteiger partial charge is 0.126 e. The zero-order chi connectivity index (χ0) is 21.9. The van der Waals surface area contributed by atoms with Gasteiger partial charge in [-0.25, -0.2) is 0 Å². The van der Waals surface area contributed by atoms with Crippen molar-refractivity contribution in [2.75, 3.05) is 0 Å². The van der Waals surface area contributed by atoms with Crippen molar-refractivity contribution in [3.8, 4) is 0 Å². The summed E-state index contributed by atoms with van der Waals surface area (Å²) in [5.41, 5.74) is 4.58. The van der Waals surface area contributed by atoms with E-state index < -0.39 is 0 Å². The molecule has 8 atom stereocenters. The van der Waals surface area contributed by atoms with Crippen LogP contribution in [0, 0.1) is 40.4 Å². The highest BCUT2D eigenvalue weighted by molar-refractivity contribution is 5.68. The molecular weight excluding hydrogens is 390 g/mol. The summed E-state index contributed by atoms with van der Waals surface area (Å²) in [5.74, 6) is 3.88. The summed E-state index contributed by atoms with van der Waals surface area (Å²) in [6, 6.07) is 8.73. The summed E-state index contributed by atoms with van der Waals surface area (Å²) in [7, 11) is 0. The minimum absolute atomic E-state index is 0.118. The van der Waals surface area contributed by atoms with Crippen LogP contribution >= 0.6 is 0 Å². The molecular formula is C30H39NO. The van der Waals surface area contributed by atoms with E-state index in [0.717, 1.165) is 36.8 Å². The fourth-order valence-corrected chi connectivity index (χ4v) is 9.33. The lowest BCUT2D eigenvalue weighted by molar-refractivity contribution is -0.130. The Balaban J connectivity index is 1.35. The quantitative estimate of drug-likeness (QED) is 0.350. The van der Waals surface area contributed by atoms with Crippen LogP contribution in [0.5, 0.6) is 0 Å². The molecule has 170 valence electrons. The first kappa shape index (κ1) is 20.9. The maximum absolute atomic E-state index is 13.0. The number of aliphatic imine (C=N–C) groups is 1. The van der Waals surface area contributed by atoms with Gasteiger partial charge in [0.2, 0.25) is 0 Å². The third kappa shape index (κ3) is 2.90. The molecule has 0 bridgehead atoms. The van der Waals surface area contributed by atoms with Crippen molar-refractivity contribution in [3.05, 3.63) is 41.5 Å². The zero-order valence-corrected chi connectivity index (χ0v) is 19.9. The highest BCUT2D eigenvalue weighted by Crippen LogP contribution is 2.68. The number of hydrogen-bond donors (Lipinski definition) is 0. The molecule has 6 rings (SSSR count). The summed E-state index contributed by atoms with van der Waals surface area (Å²) in [6.45, 7) is 5.02. The molecule has 5 unspecified atom stereocenters. The van der Waals surface area contributed by atoms with Crippen molar-refractivity contribution in [3.63, 3.8) is 0 Å². The highest BCUT2D eigenvalue weighted by atomic mass is 16.1. The molecule has 0 spiro atoms. The standard InChI is InChI=1S/C30H39NO/c1-20-13-15-29(2)21(18-20)9-10-24-25(29)14-16-30(19-32)26(11-12-27(24)30)22-7-5-17-31-28-8-4-3-6-23(22)28/h3-4,6,8-9,17,19-20,22,24-27H,5,7,10-16,18H2,1-2H3/t20-,22?,24?,25?,26?,27?,29-,30-/m0/s1. The molecule has 0 saturated heterocycles. The Morgan fingerprint density at radius 1 is 1.00 bits per heavy atom.